The van der Waals surface area contributed by atoms with Crippen LogP contribution < -0.4 is 4.90 Å². The van der Waals surface area contributed by atoms with Crippen molar-refractivity contribution >= 4 is 27.4 Å². The predicted molar refractivity (Wildman–Crippen MR) is 78.8 cm³/mol. The first kappa shape index (κ1) is 12.8. The molecular formula is C14H19N3OS. The smallest absolute Gasteiger partial charge is 0.150 e. The number of aromatic nitrogens is 2. The SMILES string of the molecule is Cc1csc2c(N(C)C3CCCCC3O)ncnc12. The highest BCUT2D eigenvalue weighted by atomic mass is 32.1. The molecule has 0 bridgehead atoms. The van der Waals surface area contributed by atoms with E-state index < -0.39 is 0 Å². The molecule has 5 heteroatoms. The second-order valence-electron chi connectivity index (χ2n) is 5.32. The van der Waals surface area contributed by atoms with Gasteiger partial charge in [0.1, 0.15) is 12.1 Å². The summed E-state index contributed by atoms with van der Waals surface area (Å²) < 4.78 is 1.13. The zero-order chi connectivity index (χ0) is 13.4. The van der Waals surface area contributed by atoms with Crippen LogP contribution in [0.4, 0.5) is 5.82 Å². The molecule has 0 saturated heterocycles. The maximum atomic E-state index is 10.2. The van der Waals surface area contributed by atoms with Crippen LogP contribution in [0.5, 0.6) is 0 Å². The number of rotatable bonds is 2. The molecule has 0 aromatic carbocycles. The van der Waals surface area contributed by atoms with Crippen molar-refractivity contribution < 1.29 is 5.11 Å². The lowest BCUT2D eigenvalue weighted by Crippen LogP contribution is -2.43. The number of aliphatic hydroxyl groups is 1. The van der Waals surface area contributed by atoms with Gasteiger partial charge in [0.25, 0.3) is 0 Å². The van der Waals surface area contributed by atoms with Crippen molar-refractivity contribution in [2.45, 2.75) is 44.8 Å². The summed E-state index contributed by atoms with van der Waals surface area (Å²) in [5.41, 5.74) is 2.23. The van der Waals surface area contributed by atoms with Gasteiger partial charge in [0.15, 0.2) is 0 Å². The van der Waals surface area contributed by atoms with Crippen molar-refractivity contribution in [2.24, 2.45) is 0 Å². The van der Waals surface area contributed by atoms with Crippen LogP contribution in [0.25, 0.3) is 10.2 Å². The fraction of sp³-hybridized carbons (Fsp3) is 0.571. The average molecular weight is 277 g/mol. The molecule has 3 rings (SSSR count). The number of fused-ring (bicyclic) bond motifs is 1. The molecule has 1 saturated carbocycles. The van der Waals surface area contributed by atoms with Crippen molar-refractivity contribution in [1.29, 1.82) is 0 Å². The average Bonchev–Trinajstić information content (AvgIpc) is 2.80. The molecule has 0 amide bonds. The van der Waals surface area contributed by atoms with Gasteiger partial charge < -0.3 is 10.0 Å². The minimum absolute atomic E-state index is 0.175. The molecule has 2 unspecified atom stereocenters. The van der Waals surface area contributed by atoms with Crippen LogP contribution in [0.15, 0.2) is 11.7 Å². The Bertz CT molecular complexity index is 583. The van der Waals surface area contributed by atoms with Gasteiger partial charge in [0.05, 0.1) is 22.4 Å². The standard InChI is InChI=1S/C14H19N3OS/c1-9-7-19-13-12(9)15-8-16-14(13)17(2)10-5-3-4-6-11(10)18/h7-8,10-11,18H,3-6H2,1-2H3. The Kier molecular flexibility index (Phi) is 3.41. The summed E-state index contributed by atoms with van der Waals surface area (Å²) in [5.74, 6) is 0.953. The predicted octanol–water partition coefficient (Wildman–Crippen LogP) is 2.74. The Morgan fingerprint density at radius 3 is 2.89 bits per heavy atom. The molecule has 1 N–H and O–H groups in total. The summed E-state index contributed by atoms with van der Waals surface area (Å²) in [6.07, 6.45) is 5.63. The molecule has 0 aliphatic heterocycles. The molecule has 2 aromatic heterocycles. The zero-order valence-corrected chi connectivity index (χ0v) is 12.2. The van der Waals surface area contributed by atoms with Gasteiger partial charge in [-0.05, 0) is 30.7 Å². The third kappa shape index (κ3) is 2.21. The van der Waals surface area contributed by atoms with E-state index in [2.05, 4.69) is 27.2 Å². The maximum Gasteiger partial charge on any atom is 0.150 e. The Hall–Kier alpha value is -1.20. The number of hydrogen-bond donors (Lipinski definition) is 1. The Balaban J connectivity index is 1.99. The number of hydrogen-bond acceptors (Lipinski definition) is 5. The molecule has 4 nitrogen and oxygen atoms in total. The van der Waals surface area contributed by atoms with Gasteiger partial charge in [-0.1, -0.05) is 12.8 Å². The molecule has 102 valence electrons. The molecule has 0 radical (unpaired) electrons. The molecule has 1 fully saturated rings. The van der Waals surface area contributed by atoms with Crippen LogP contribution in [0, 0.1) is 6.92 Å². The monoisotopic (exact) mass is 277 g/mol. The molecule has 2 aromatic rings. The maximum absolute atomic E-state index is 10.2. The van der Waals surface area contributed by atoms with Gasteiger partial charge in [-0.3, -0.25) is 0 Å². The fourth-order valence-corrected chi connectivity index (χ4v) is 3.94. The number of likely N-dealkylation sites (N-methyl/N-ethyl adjacent to an activating group) is 1. The van der Waals surface area contributed by atoms with E-state index in [9.17, 15) is 5.11 Å². The van der Waals surface area contributed by atoms with Gasteiger partial charge >= 0.3 is 0 Å². The van der Waals surface area contributed by atoms with Gasteiger partial charge in [0.2, 0.25) is 0 Å². The van der Waals surface area contributed by atoms with E-state index in [0.717, 1.165) is 35.3 Å². The van der Waals surface area contributed by atoms with E-state index >= 15 is 0 Å². The van der Waals surface area contributed by atoms with Crippen LogP contribution in [-0.2, 0) is 0 Å². The quantitative estimate of drug-likeness (QED) is 0.917. The number of aryl methyl sites for hydroxylation is 1. The van der Waals surface area contributed by atoms with Gasteiger partial charge in [-0.15, -0.1) is 11.3 Å². The van der Waals surface area contributed by atoms with Crippen LogP contribution in [0.1, 0.15) is 31.2 Å². The molecule has 1 aliphatic carbocycles. The molecule has 2 heterocycles. The fourth-order valence-electron chi connectivity index (χ4n) is 2.91. The molecule has 2 atom stereocenters. The highest BCUT2D eigenvalue weighted by Crippen LogP contribution is 2.33. The zero-order valence-electron chi connectivity index (χ0n) is 11.3. The molecular weight excluding hydrogens is 258 g/mol. The molecule has 1 aliphatic rings. The largest absolute Gasteiger partial charge is 0.391 e. The van der Waals surface area contributed by atoms with E-state index in [1.807, 2.05) is 7.05 Å². The molecule has 19 heavy (non-hydrogen) atoms. The Morgan fingerprint density at radius 2 is 2.11 bits per heavy atom. The lowest BCUT2D eigenvalue weighted by atomic mass is 9.91. The highest BCUT2D eigenvalue weighted by molar-refractivity contribution is 7.18. The lowest BCUT2D eigenvalue weighted by Gasteiger charge is -2.35. The van der Waals surface area contributed by atoms with E-state index in [0.29, 0.717) is 0 Å². The number of anilines is 1. The minimum atomic E-state index is -0.246. The summed E-state index contributed by atoms with van der Waals surface area (Å²) in [6.45, 7) is 2.07. The first-order valence-corrected chi connectivity index (χ1v) is 7.66. The summed E-state index contributed by atoms with van der Waals surface area (Å²) in [7, 11) is 2.04. The second-order valence-corrected chi connectivity index (χ2v) is 6.20. The van der Waals surface area contributed by atoms with Gasteiger partial charge in [-0.2, -0.15) is 0 Å². The van der Waals surface area contributed by atoms with Crippen LogP contribution in [0.2, 0.25) is 0 Å². The van der Waals surface area contributed by atoms with Gasteiger partial charge in [-0.25, -0.2) is 9.97 Å². The van der Waals surface area contributed by atoms with E-state index in [4.69, 9.17) is 0 Å². The topological polar surface area (TPSA) is 49.2 Å². The summed E-state index contributed by atoms with van der Waals surface area (Å²) >= 11 is 1.69. The van der Waals surface area contributed by atoms with Crippen molar-refractivity contribution in [1.82, 2.24) is 9.97 Å². The highest BCUT2D eigenvalue weighted by Gasteiger charge is 2.28. The number of thiophene rings is 1. The van der Waals surface area contributed by atoms with E-state index in [1.165, 1.54) is 12.0 Å². The summed E-state index contributed by atoms with van der Waals surface area (Å²) in [5, 5.41) is 12.3. The molecule has 0 spiro atoms. The van der Waals surface area contributed by atoms with Crippen molar-refractivity contribution in [2.75, 3.05) is 11.9 Å². The van der Waals surface area contributed by atoms with Crippen LogP contribution in [-0.4, -0.2) is 34.3 Å². The van der Waals surface area contributed by atoms with Crippen LogP contribution in [0.3, 0.4) is 0 Å². The summed E-state index contributed by atoms with van der Waals surface area (Å²) in [4.78, 5) is 10.9. The van der Waals surface area contributed by atoms with Crippen LogP contribution >= 0.6 is 11.3 Å². The Labute approximate surface area is 117 Å². The van der Waals surface area contributed by atoms with Crippen molar-refractivity contribution in [3.8, 4) is 0 Å². The number of aliphatic hydroxyl groups excluding tert-OH is 1. The lowest BCUT2D eigenvalue weighted by molar-refractivity contribution is 0.106. The first-order valence-electron chi connectivity index (χ1n) is 6.78. The van der Waals surface area contributed by atoms with E-state index in [1.54, 1.807) is 17.7 Å². The second kappa shape index (κ2) is 5.06. The van der Waals surface area contributed by atoms with Crippen molar-refractivity contribution in [3.63, 3.8) is 0 Å². The third-order valence-corrected chi connectivity index (χ3v) is 5.12. The first-order chi connectivity index (χ1) is 9.18. The minimum Gasteiger partial charge on any atom is -0.391 e. The summed E-state index contributed by atoms with van der Waals surface area (Å²) in [6, 6.07) is 0.175. The van der Waals surface area contributed by atoms with Crippen molar-refractivity contribution in [3.05, 3.63) is 17.3 Å². The van der Waals surface area contributed by atoms with Gasteiger partial charge in [0, 0.05) is 7.05 Å². The normalized spacial score (nSPS) is 23.7. The Morgan fingerprint density at radius 1 is 1.32 bits per heavy atom. The number of nitrogens with zero attached hydrogens (tertiary/aromatic N) is 3. The van der Waals surface area contributed by atoms with E-state index in [-0.39, 0.29) is 12.1 Å². The third-order valence-electron chi connectivity index (χ3n) is 4.04.